The lowest BCUT2D eigenvalue weighted by atomic mass is 10.1. The molecule has 0 saturated heterocycles. The molecule has 0 radical (unpaired) electrons. The first kappa shape index (κ1) is 9.31. The van der Waals surface area contributed by atoms with E-state index in [9.17, 15) is 8.78 Å². The number of nitrogens with zero attached hydrogens (tertiary/aromatic N) is 1. The molecule has 0 spiro atoms. The van der Waals surface area contributed by atoms with Crippen molar-refractivity contribution in [1.29, 1.82) is 0 Å². The topological polar surface area (TPSA) is 12.4 Å². The van der Waals surface area contributed by atoms with Crippen molar-refractivity contribution in [2.24, 2.45) is 4.99 Å². The van der Waals surface area contributed by atoms with E-state index < -0.39 is 11.6 Å². The molecule has 1 aromatic carbocycles. The molecule has 1 aliphatic heterocycles. The lowest BCUT2D eigenvalue weighted by Crippen LogP contribution is -1.97. The second-order valence-corrected chi connectivity index (χ2v) is 3.62. The first-order valence-electron chi connectivity index (χ1n) is 4.68. The number of hydrogen-bond acceptors (Lipinski definition) is 1. The quantitative estimate of drug-likeness (QED) is 0.653. The highest BCUT2D eigenvalue weighted by atomic mass is 19.1. The van der Waals surface area contributed by atoms with E-state index in [2.05, 4.69) is 4.99 Å². The van der Waals surface area contributed by atoms with Crippen LogP contribution in [-0.4, -0.2) is 11.8 Å². The van der Waals surface area contributed by atoms with Crippen molar-refractivity contribution in [3.05, 3.63) is 35.4 Å². The fourth-order valence-electron chi connectivity index (χ4n) is 1.68. The summed E-state index contributed by atoms with van der Waals surface area (Å²) in [5.74, 6) is -1.08. The second kappa shape index (κ2) is 3.48. The number of rotatable bonds is 1. The summed E-state index contributed by atoms with van der Waals surface area (Å²) in [5, 5.41) is 0. The van der Waals surface area contributed by atoms with Gasteiger partial charge in [-0.1, -0.05) is 0 Å². The van der Waals surface area contributed by atoms with Crippen LogP contribution in [0.25, 0.3) is 0 Å². The molecular weight excluding hydrogens is 184 g/mol. The van der Waals surface area contributed by atoms with Gasteiger partial charge in [-0.2, -0.15) is 0 Å². The zero-order valence-corrected chi connectivity index (χ0v) is 7.93. The van der Waals surface area contributed by atoms with Crippen molar-refractivity contribution >= 4 is 5.71 Å². The Labute approximate surface area is 81.5 Å². The lowest BCUT2D eigenvalue weighted by molar-refractivity contribution is 0.583. The Bertz CT molecular complexity index is 365. The molecule has 0 amide bonds. The maximum Gasteiger partial charge on any atom is 0.126 e. The highest BCUT2D eigenvalue weighted by molar-refractivity contribution is 6.01. The van der Waals surface area contributed by atoms with Gasteiger partial charge in [-0.3, -0.25) is 4.99 Å². The van der Waals surface area contributed by atoms with E-state index in [1.54, 1.807) is 0 Å². The minimum absolute atomic E-state index is 0.274. The summed E-state index contributed by atoms with van der Waals surface area (Å²) in [4.78, 5) is 4.32. The van der Waals surface area contributed by atoms with Crippen LogP contribution < -0.4 is 0 Å². The average Bonchev–Trinajstić information content (AvgIpc) is 2.50. The predicted octanol–water partition coefficient (Wildman–Crippen LogP) is 2.94. The molecule has 0 bridgehead atoms. The van der Waals surface area contributed by atoms with Gasteiger partial charge in [-0.15, -0.1) is 0 Å². The molecule has 1 atom stereocenters. The first-order valence-corrected chi connectivity index (χ1v) is 4.68. The van der Waals surface area contributed by atoms with E-state index >= 15 is 0 Å². The summed E-state index contributed by atoms with van der Waals surface area (Å²) in [5.41, 5.74) is 1.39. The third-order valence-corrected chi connectivity index (χ3v) is 2.37. The normalized spacial score (nSPS) is 21.1. The molecule has 0 N–H and O–H groups in total. The van der Waals surface area contributed by atoms with Crippen LogP contribution in [0.2, 0.25) is 0 Å². The standard InChI is InChI=1S/C11H11F2N/c1-7-2-3-11(14-7)8-4-9(12)6-10(13)5-8/h4-7H,2-3H2,1H3/t7-/m1/s1. The van der Waals surface area contributed by atoms with Gasteiger partial charge in [0, 0.05) is 23.4 Å². The molecule has 1 aliphatic rings. The Kier molecular flexibility index (Phi) is 2.32. The van der Waals surface area contributed by atoms with Gasteiger partial charge in [-0.05, 0) is 31.9 Å². The van der Waals surface area contributed by atoms with E-state index in [4.69, 9.17) is 0 Å². The van der Waals surface area contributed by atoms with Crippen molar-refractivity contribution in [2.75, 3.05) is 0 Å². The van der Waals surface area contributed by atoms with Gasteiger partial charge in [0.05, 0.1) is 0 Å². The van der Waals surface area contributed by atoms with Gasteiger partial charge in [0.15, 0.2) is 0 Å². The summed E-state index contributed by atoms with van der Waals surface area (Å²) in [6, 6.07) is 3.82. The number of halogens is 2. The summed E-state index contributed by atoms with van der Waals surface area (Å²) in [6.07, 6.45) is 1.78. The predicted molar refractivity (Wildman–Crippen MR) is 51.6 cm³/mol. The Hall–Kier alpha value is -1.25. The number of benzene rings is 1. The van der Waals surface area contributed by atoms with E-state index in [1.807, 2.05) is 6.92 Å². The molecule has 1 heterocycles. The Morgan fingerprint density at radius 3 is 2.36 bits per heavy atom. The second-order valence-electron chi connectivity index (χ2n) is 3.62. The van der Waals surface area contributed by atoms with E-state index in [-0.39, 0.29) is 6.04 Å². The molecule has 0 fully saturated rings. The summed E-state index contributed by atoms with van der Waals surface area (Å²) in [6.45, 7) is 2.00. The Balaban J connectivity index is 2.37. The molecule has 74 valence electrons. The maximum atomic E-state index is 12.9. The van der Waals surface area contributed by atoms with Gasteiger partial charge in [-0.25, -0.2) is 8.78 Å². The highest BCUT2D eigenvalue weighted by Crippen LogP contribution is 2.19. The smallest absolute Gasteiger partial charge is 0.126 e. The third-order valence-electron chi connectivity index (χ3n) is 2.37. The van der Waals surface area contributed by atoms with Crippen LogP contribution in [0, 0.1) is 11.6 Å². The molecule has 1 nitrogen and oxygen atoms in total. The molecule has 2 rings (SSSR count). The zero-order chi connectivity index (χ0) is 10.1. The number of hydrogen-bond donors (Lipinski definition) is 0. The Morgan fingerprint density at radius 2 is 1.86 bits per heavy atom. The highest BCUT2D eigenvalue weighted by Gasteiger charge is 2.15. The van der Waals surface area contributed by atoms with Crippen LogP contribution in [0.15, 0.2) is 23.2 Å². The van der Waals surface area contributed by atoms with Crippen LogP contribution in [0.5, 0.6) is 0 Å². The first-order chi connectivity index (χ1) is 6.65. The van der Waals surface area contributed by atoms with Crippen LogP contribution >= 0.6 is 0 Å². The molecule has 3 heteroatoms. The fraction of sp³-hybridized carbons (Fsp3) is 0.364. The van der Waals surface area contributed by atoms with Crippen molar-refractivity contribution < 1.29 is 8.78 Å². The van der Waals surface area contributed by atoms with E-state index in [0.717, 1.165) is 24.6 Å². The largest absolute Gasteiger partial charge is 0.286 e. The molecular formula is C11H11F2N. The van der Waals surface area contributed by atoms with Crippen LogP contribution in [0.4, 0.5) is 8.78 Å². The molecule has 0 aromatic heterocycles. The summed E-state index contributed by atoms with van der Waals surface area (Å²) < 4.78 is 25.8. The van der Waals surface area contributed by atoms with Crippen LogP contribution in [-0.2, 0) is 0 Å². The third kappa shape index (κ3) is 1.81. The SMILES string of the molecule is C[C@@H]1CCC(c2cc(F)cc(F)c2)=N1. The summed E-state index contributed by atoms with van der Waals surface area (Å²) >= 11 is 0. The molecule has 0 aliphatic carbocycles. The average molecular weight is 195 g/mol. The van der Waals surface area contributed by atoms with E-state index in [0.29, 0.717) is 5.56 Å². The maximum absolute atomic E-state index is 12.9. The Morgan fingerprint density at radius 1 is 1.21 bits per heavy atom. The van der Waals surface area contributed by atoms with E-state index in [1.165, 1.54) is 12.1 Å². The van der Waals surface area contributed by atoms with Crippen molar-refractivity contribution in [2.45, 2.75) is 25.8 Å². The van der Waals surface area contributed by atoms with Crippen LogP contribution in [0.3, 0.4) is 0 Å². The lowest BCUT2D eigenvalue weighted by Gasteiger charge is -2.00. The van der Waals surface area contributed by atoms with Gasteiger partial charge in [0.25, 0.3) is 0 Å². The van der Waals surface area contributed by atoms with Gasteiger partial charge >= 0.3 is 0 Å². The monoisotopic (exact) mass is 195 g/mol. The molecule has 14 heavy (non-hydrogen) atoms. The zero-order valence-electron chi connectivity index (χ0n) is 7.93. The minimum atomic E-state index is -0.540. The number of aliphatic imine (C=N–C) groups is 1. The molecule has 1 aromatic rings. The van der Waals surface area contributed by atoms with Gasteiger partial charge in [0.1, 0.15) is 11.6 Å². The van der Waals surface area contributed by atoms with Crippen LogP contribution in [0.1, 0.15) is 25.3 Å². The summed E-state index contributed by atoms with van der Waals surface area (Å²) in [7, 11) is 0. The van der Waals surface area contributed by atoms with Crippen molar-refractivity contribution in [3.8, 4) is 0 Å². The van der Waals surface area contributed by atoms with Crippen molar-refractivity contribution in [3.63, 3.8) is 0 Å². The van der Waals surface area contributed by atoms with Crippen molar-refractivity contribution in [1.82, 2.24) is 0 Å². The molecule has 0 unspecified atom stereocenters. The fourth-order valence-corrected chi connectivity index (χ4v) is 1.68. The molecule has 0 saturated carbocycles. The minimum Gasteiger partial charge on any atom is -0.286 e. The van der Waals surface area contributed by atoms with Gasteiger partial charge in [0.2, 0.25) is 0 Å². The van der Waals surface area contributed by atoms with Gasteiger partial charge < -0.3 is 0 Å².